The lowest BCUT2D eigenvalue weighted by Gasteiger charge is -2.27. The van der Waals surface area contributed by atoms with Crippen LogP contribution in [0.1, 0.15) is 18.4 Å². The highest BCUT2D eigenvalue weighted by Crippen LogP contribution is 2.54. The van der Waals surface area contributed by atoms with Crippen LogP contribution < -0.4 is 11.2 Å². The molecule has 0 unspecified atom stereocenters. The van der Waals surface area contributed by atoms with Gasteiger partial charge < -0.3 is 14.7 Å². The third-order valence-electron chi connectivity index (χ3n) is 5.84. The normalized spacial score (nSPS) is 33.9. The molecule has 0 saturated carbocycles. The first-order valence-electron chi connectivity index (χ1n) is 8.30. The third-order valence-corrected chi connectivity index (χ3v) is 5.84. The number of aromatic nitrogens is 2. The van der Waals surface area contributed by atoms with Crippen molar-refractivity contribution in [2.24, 2.45) is 11.8 Å². The summed E-state index contributed by atoms with van der Waals surface area (Å²) >= 11 is 0. The molecule has 1 spiro atoms. The number of nitrogens with zero attached hydrogens (tertiary/aromatic N) is 2. The Balaban J connectivity index is 1.52. The first kappa shape index (κ1) is 15.6. The molecule has 1 amide bonds. The van der Waals surface area contributed by atoms with Crippen molar-refractivity contribution in [3.63, 3.8) is 0 Å². The van der Waals surface area contributed by atoms with Crippen LogP contribution >= 0.6 is 0 Å². The molecule has 8 nitrogen and oxygen atoms in total. The molecule has 4 rings (SSSR count). The quantitative estimate of drug-likeness (QED) is 0.725. The molecule has 2 bridgehead atoms. The summed E-state index contributed by atoms with van der Waals surface area (Å²) in [5.74, 6) is 0.0879. The summed E-state index contributed by atoms with van der Waals surface area (Å²) in [6.07, 6.45) is 3.37. The Morgan fingerprint density at radius 3 is 3.04 bits per heavy atom. The predicted molar refractivity (Wildman–Crippen MR) is 83.5 cm³/mol. The number of rotatable bonds is 3. The minimum absolute atomic E-state index is 0.0810. The zero-order valence-electron chi connectivity index (χ0n) is 13.5. The van der Waals surface area contributed by atoms with Crippen molar-refractivity contribution in [3.8, 4) is 0 Å². The van der Waals surface area contributed by atoms with Crippen molar-refractivity contribution in [3.05, 3.63) is 32.6 Å². The van der Waals surface area contributed by atoms with Crippen LogP contribution in [-0.4, -0.2) is 56.9 Å². The maximum Gasteiger partial charge on any atom is 0.328 e. The molecule has 24 heavy (non-hydrogen) atoms. The second-order valence-electron chi connectivity index (χ2n) is 7.19. The van der Waals surface area contributed by atoms with Crippen molar-refractivity contribution in [1.82, 2.24) is 14.5 Å². The lowest BCUT2D eigenvalue weighted by Crippen LogP contribution is -2.40. The largest absolute Gasteiger partial charge is 0.396 e. The zero-order chi connectivity index (χ0) is 17.1. The number of fused-ring (bicyclic) bond motifs is 1. The molecule has 0 aliphatic carbocycles. The summed E-state index contributed by atoms with van der Waals surface area (Å²) in [5.41, 5.74) is -0.947. The van der Waals surface area contributed by atoms with Gasteiger partial charge in [-0.15, -0.1) is 0 Å². The third kappa shape index (κ3) is 2.16. The van der Waals surface area contributed by atoms with E-state index < -0.39 is 11.2 Å². The molecule has 3 saturated heterocycles. The number of ether oxygens (including phenoxy) is 1. The predicted octanol–water partition coefficient (Wildman–Crippen LogP) is -1.16. The van der Waals surface area contributed by atoms with E-state index in [1.54, 1.807) is 11.8 Å². The fourth-order valence-corrected chi connectivity index (χ4v) is 4.61. The van der Waals surface area contributed by atoms with Gasteiger partial charge in [-0.1, -0.05) is 0 Å². The average Bonchev–Trinajstić information content (AvgIpc) is 3.19. The Hall–Kier alpha value is -1.93. The monoisotopic (exact) mass is 335 g/mol. The Morgan fingerprint density at radius 1 is 1.50 bits per heavy atom. The number of aromatic amines is 1. The zero-order valence-corrected chi connectivity index (χ0v) is 13.5. The summed E-state index contributed by atoms with van der Waals surface area (Å²) < 4.78 is 7.34. The standard InChI is InChI=1S/C16H21N3O5/c1-9-4-18(15(23)17-14(9)22)6-13(21)19-5-11-10(7-20)12-2-3-16(11,8-19)24-12/h4,10-12,20H,2-3,5-8H2,1H3,(H,17,22,23)/t10-,11+,12+,16+/m1/s1. The number of carbonyl (C=O) groups is 1. The molecular weight excluding hydrogens is 314 g/mol. The SMILES string of the molecule is Cc1cn(CC(=O)N2C[C@H]3[C@@H](CO)[C@@H]4CC[C@@]3(C2)O4)c(=O)[nH]c1=O. The first-order valence-corrected chi connectivity index (χ1v) is 8.30. The number of amides is 1. The van der Waals surface area contributed by atoms with Gasteiger partial charge in [0, 0.05) is 36.7 Å². The van der Waals surface area contributed by atoms with Crippen LogP contribution in [0.5, 0.6) is 0 Å². The molecule has 1 aromatic heterocycles. The fraction of sp³-hybridized carbons (Fsp3) is 0.688. The number of aryl methyl sites for hydroxylation is 1. The summed E-state index contributed by atoms with van der Waals surface area (Å²) in [6.45, 7) is 2.64. The second-order valence-corrected chi connectivity index (χ2v) is 7.19. The molecule has 4 atom stereocenters. The number of nitrogens with one attached hydrogen (secondary N) is 1. The van der Waals surface area contributed by atoms with Crippen LogP contribution in [0.4, 0.5) is 0 Å². The lowest BCUT2D eigenvalue weighted by atomic mass is 9.74. The van der Waals surface area contributed by atoms with Gasteiger partial charge in [0.15, 0.2) is 0 Å². The van der Waals surface area contributed by atoms with E-state index in [1.807, 2.05) is 0 Å². The van der Waals surface area contributed by atoms with Gasteiger partial charge in [-0.2, -0.15) is 0 Å². The lowest BCUT2D eigenvalue weighted by molar-refractivity contribution is -0.132. The summed E-state index contributed by atoms with van der Waals surface area (Å²) in [6, 6.07) is 0. The van der Waals surface area contributed by atoms with Gasteiger partial charge in [0.1, 0.15) is 6.54 Å². The smallest absolute Gasteiger partial charge is 0.328 e. The maximum atomic E-state index is 12.6. The molecule has 4 heterocycles. The van der Waals surface area contributed by atoms with Crippen LogP contribution in [0, 0.1) is 18.8 Å². The van der Waals surface area contributed by atoms with Gasteiger partial charge in [-0.3, -0.25) is 19.1 Å². The Kier molecular flexibility index (Phi) is 3.43. The molecule has 1 aromatic rings. The number of hydrogen-bond acceptors (Lipinski definition) is 5. The van der Waals surface area contributed by atoms with Crippen molar-refractivity contribution in [2.75, 3.05) is 19.7 Å². The van der Waals surface area contributed by atoms with Gasteiger partial charge in [-0.25, -0.2) is 4.79 Å². The minimum atomic E-state index is -0.582. The molecule has 0 aromatic carbocycles. The van der Waals surface area contributed by atoms with Gasteiger partial charge in [-0.05, 0) is 19.8 Å². The van der Waals surface area contributed by atoms with E-state index in [2.05, 4.69) is 4.98 Å². The number of hydrogen-bond donors (Lipinski definition) is 2. The topological polar surface area (TPSA) is 105 Å². The highest BCUT2D eigenvalue weighted by molar-refractivity contribution is 5.76. The Bertz CT molecular complexity index is 800. The highest BCUT2D eigenvalue weighted by atomic mass is 16.5. The first-order chi connectivity index (χ1) is 11.4. The summed E-state index contributed by atoms with van der Waals surface area (Å²) in [4.78, 5) is 39.8. The molecule has 3 aliphatic heterocycles. The van der Waals surface area contributed by atoms with Gasteiger partial charge >= 0.3 is 5.69 Å². The number of carbonyl (C=O) groups excluding carboxylic acids is 1. The minimum Gasteiger partial charge on any atom is -0.396 e. The van der Waals surface area contributed by atoms with E-state index in [0.717, 1.165) is 12.8 Å². The number of likely N-dealkylation sites (tertiary alicyclic amines) is 1. The molecule has 2 N–H and O–H groups in total. The molecule has 130 valence electrons. The van der Waals surface area contributed by atoms with E-state index in [9.17, 15) is 19.5 Å². The van der Waals surface area contributed by atoms with Crippen LogP contribution in [-0.2, 0) is 16.1 Å². The molecule has 0 radical (unpaired) electrons. The molecule has 8 heteroatoms. The van der Waals surface area contributed by atoms with Gasteiger partial charge in [0.05, 0.1) is 18.2 Å². The van der Waals surface area contributed by atoms with E-state index in [0.29, 0.717) is 18.7 Å². The van der Waals surface area contributed by atoms with Crippen LogP contribution in [0.25, 0.3) is 0 Å². The van der Waals surface area contributed by atoms with Gasteiger partial charge in [0.2, 0.25) is 5.91 Å². The number of H-pyrrole nitrogens is 1. The number of aliphatic hydroxyl groups is 1. The number of aliphatic hydroxyl groups excluding tert-OH is 1. The maximum absolute atomic E-state index is 12.6. The highest BCUT2D eigenvalue weighted by Gasteiger charge is 2.63. The van der Waals surface area contributed by atoms with Crippen molar-refractivity contribution >= 4 is 5.91 Å². The van der Waals surface area contributed by atoms with Gasteiger partial charge in [0.25, 0.3) is 5.56 Å². The summed E-state index contributed by atoms with van der Waals surface area (Å²) in [5, 5.41) is 9.62. The average molecular weight is 335 g/mol. The van der Waals surface area contributed by atoms with Crippen LogP contribution in [0.15, 0.2) is 15.8 Å². The van der Waals surface area contributed by atoms with E-state index in [-0.39, 0.29) is 42.6 Å². The van der Waals surface area contributed by atoms with E-state index in [4.69, 9.17) is 4.74 Å². The van der Waals surface area contributed by atoms with E-state index >= 15 is 0 Å². The van der Waals surface area contributed by atoms with E-state index in [1.165, 1.54) is 10.8 Å². The summed E-state index contributed by atoms with van der Waals surface area (Å²) in [7, 11) is 0. The molecule has 3 aliphatic rings. The molecule has 3 fully saturated rings. The van der Waals surface area contributed by atoms with Crippen molar-refractivity contribution < 1.29 is 14.6 Å². The fourth-order valence-electron chi connectivity index (χ4n) is 4.61. The van der Waals surface area contributed by atoms with Crippen molar-refractivity contribution in [1.29, 1.82) is 0 Å². The second kappa shape index (κ2) is 5.29. The van der Waals surface area contributed by atoms with Crippen LogP contribution in [0.2, 0.25) is 0 Å². The van der Waals surface area contributed by atoms with Crippen LogP contribution in [0.3, 0.4) is 0 Å². The van der Waals surface area contributed by atoms with Crippen molar-refractivity contribution in [2.45, 2.75) is 38.0 Å². The Morgan fingerprint density at radius 2 is 2.29 bits per heavy atom. The Labute approximate surface area is 138 Å². The molecular formula is C16H21N3O5.